The van der Waals surface area contributed by atoms with Crippen LogP contribution >= 0.6 is 0 Å². The van der Waals surface area contributed by atoms with E-state index in [2.05, 4.69) is 10.4 Å². The number of anilines is 1. The first-order valence-corrected chi connectivity index (χ1v) is 7.56. The van der Waals surface area contributed by atoms with E-state index in [4.69, 9.17) is 0 Å². The van der Waals surface area contributed by atoms with Gasteiger partial charge in [0, 0.05) is 30.4 Å². The van der Waals surface area contributed by atoms with E-state index >= 15 is 0 Å². The van der Waals surface area contributed by atoms with Gasteiger partial charge in [-0.15, -0.1) is 0 Å². The number of hydrogen-bond donors (Lipinski definition) is 1. The molecule has 1 N–H and O–H groups in total. The van der Waals surface area contributed by atoms with Gasteiger partial charge in [0.2, 0.25) is 0 Å². The van der Waals surface area contributed by atoms with Crippen molar-refractivity contribution in [3.05, 3.63) is 83.0 Å². The molecular formula is C19H17N3O2. The number of aryl methyl sites for hydroxylation is 2. The first kappa shape index (κ1) is 15.7. The molecule has 1 heterocycles. The summed E-state index contributed by atoms with van der Waals surface area (Å²) in [6.07, 6.45) is 1.74. The average Bonchev–Trinajstić information content (AvgIpc) is 3.00. The largest absolute Gasteiger partial charge is 0.305 e. The van der Waals surface area contributed by atoms with E-state index in [1.165, 1.54) is 0 Å². The van der Waals surface area contributed by atoms with Crippen LogP contribution in [-0.2, 0) is 7.05 Å². The second-order valence-corrected chi connectivity index (χ2v) is 5.57. The lowest BCUT2D eigenvalue weighted by Gasteiger charge is -2.08. The standard InChI is InChI=1S/C19H17N3O2/c1-13-7-9-14(10-8-13)18(23)15-5-3-4-6-16(15)19(24)20-17-11-12-22(2)21-17/h3-12H,1-2H3,(H,20,21,24). The van der Waals surface area contributed by atoms with Gasteiger partial charge < -0.3 is 5.32 Å². The molecule has 0 saturated heterocycles. The average molecular weight is 319 g/mol. The molecule has 0 aliphatic carbocycles. The Balaban J connectivity index is 1.91. The van der Waals surface area contributed by atoms with Crippen molar-refractivity contribution >= 4 is 17.5 Å². The fraction of sp³-hybridized carbons (Fsp3) is 0.105. The predicted molar refractivity (Wildman–Crippen MR) is 92.2 cm³/mol. The molecular weight excluding hydrogens is 302 g/mol. The zero-order valence-electron chi connectivity index (χ0n) is 13.5. The molecule has 1 aromatic heterocycles. The molecule has 0 saturated carbocycles. The number of amides is 1. The van der Waals surface area contributed by atoms with Crippen molar-refractivity contribution in [3.8, 4) is 0 Å². The number of nitrogens with one attached hydrogen (secondary N) is 1. The fourth-order valence-corrected chi connectivity index (χ4v) is 2.40. The van der Waals surface area contributed by atoms with Gasteiger partial charge in [0.15, 0.2) is 11.6 Å². The van der Waals surface area contributed by atoms with E-state index in [0.29, 0.717) is 22.5 Å². The minimum atomic E-state index is -0.357. The Morgan fingerprint density at radius 3 is 2.25 bits per heavy atom. The van der Waals surface area contributed by atoms with E-state index in [-0.39, 0.29) is 11.7 Å². The molecule has 0 bridgehead atoms. The van der Waals surface area contributed by atoms with E-state index in [1.807, 2.05) is 19.1 Å². The Kier molecular flexibility index (Phi) is 4.24. The number of aromatic nitrogens is 2. The van der Waals surface area contributed by atoms with Crippen molar-refractivity contribution in [1.82, 2.24) is 9.78 Å². The van der Waals surface area contributed by atoms with Gasteiger partial charge in [-0.25, -0.2) is 0 Å². The highest BCUT2D eigenvalue weighted by molar-refractivity contribution is 6.17. The van der Waals surface area contributed by atoms with Gasteiger partial charge in [-0.3, -0.25) is 14.3 Å². The first-order valence-electron chi connectivity index (χ1n) is 7.56. The fourth-order valence-electron chi connectivity index (χ4n) is 2.40. The van der Waals surface area contributed by atoms with E-state index < -0.39 is 0 Å². The van der Waals surface area contributed by atoms with Crippen LogP contribution in [0.3, 0.4) is 0 Å². The number of nitrogens with zero attached hydrogens (tertiary/aromatic N) is 2. The lowest BCUT2D eigenvalue weighted by Crippen LogP contribution is -2.17. The summed E-state index contributed by atoms with van der Waals surface area (Å²) >= 11 is 0. The van der Waals surface area contributed by atoms with Crippen LogP contribution in [0.5, 0.6) is 0 Å². The predicted octanol–water partition coefficient (Wildman–Crippen LogP) is 3.21. The zero-order valence-corrected chi connectivity index (χ0v) is 13.5. The molecule has 0 radical (unpaired) electrons. The number of carbonyl (C=O) groups is 2. The Bertz CT molecular complexity index is 895. The van der Waals surface area contributed by atoms with Gasteiger partial charge in [0.05, 0.1) is 5.56 Å². The van der Waals surface area contributed by atoms with Crippen LogP contribution in [0.4, 0.5) is 5.82 Å². The molecule has 120 valence electrons. The van der Waals surface area contributed by atoms with E-state index in [0.717, 1.165) is 5.56 Å². The maximum absolute atomic E-state index is 12.7. The highest BCUT2D eigenvalue weighted by Crippen LogP contribution is 2.17. The third-order valence-electron chi connectivity index (χ3n) is 3.69. The summed E-state index contributed by atoms with van der Waals surface area (Å²) in [7, 11) is 1.77. The SMILES string of the molecule is Cc1ccc(C(=O)c2ccccc2C(=O)Nc2ccn(C)n2)cc1. The smallest absolute Gasteiger partial charge is 0.257 e. The number of rotatable bonds is 4. The van der Waals surface area contributed by atoms with Crippen molar-refractivity contribution in [1.29, 1.82) is 0 Å². The molecule has 2 aromatic carbocycles. The molecule has 3 rings (SSSR count). The summed E-state index contributed by atoms with van der Waals surface area (Å²) in [6.45, 7) is 1.96. The highest BCUT2D eigenvalue weighted by Gasteiger charge is 2.18. The van der Waals surface area contributed by atoms with Crippen LogP contribution in [-0.4, -0.2) is 21.5 Å². The summed E-state index contributed by atoms with van der Waals surface area (Å²) < 4.78 is 1.60. The van der Waals surface area contributed by atoms with Gasteiger partial charge >= 0.3 is 0 Å². The van der Waals surface area contributed by atoms with Gasteiger partial charge in [0.25, 0.3) is 5.91 Å². The minimum Gasteiger partial charge on any atom is -0.305 e. The van der Waals surface area contributed by atoms with Crippen LogP contribution in [0.1, 0.15) is 31.8 Å². The van der Waals surface area contributed by atoms with Gasteiger partial charge in [-0.1, -0.05) is 48.0 Å². The molecule has 0 atom stereocenters. The van der Waals surface area contributed by atoms with Crippen molar-refractivity contribution in [2.75, 3.05) is 5.32 Å². The monoisotopic (exact) mass is 319 g/mol. The number of benzene rings is 2. The van der Waals surface area contributed by atoms with Crippen molar-refractivity contribution in [2.24, 2.45) is 7.05 Å². The minimum absolute atomic E-state index is 0.179. The van der Waals surface area contributed by atoms with E-state index in [1.54, 1.807) is 60.4 Å². The maximum Gasteiger partial charge on any atom is 0.257 e. The second kappa shape index (κ2) is 6.50. The maximum atomic E-state index is 12.7. The van der Waals surface area contributed by atoms with Gasteiger partial charge in [0.1, 0.15) is 0 Å². The van der Waals surface area contributed by atoms with Crippen LogP contribution in [0.15, 0.2) is 60.8 Å². The summed E-state index contributed by atoms with van der Waals surface area (Å²) in [5.74, 6) is -0.0911. The molecule has 0 spiro atoms. The van der Waals surface area contributed by atoms with Crippen LogP contribution < -0.4 is 5.32 Å². The van der Waals surface area contributed by atoms with Crippen LogP contribution in [0.2, 0.25) is 0 Å². The molecule has 3 aromatic rings. The van der Waals surface area contributed by atoms with Crippen LogP contribution in [0, 0.1) is 6.92 Å². The molecule has 0 fully saturated rings. The Morgan fingerprint density at radius 2 is 1.62 bits per heavy atom. The zero-order chi connectivity index (χ0) is 17.1. The molecule has 5 heteroatoms. The summed E-state index contributed by atoms with van der Waals surface area (Å²) in [4.78, 5) is 25.3. The molecule has 0 aliphatic rings. The number of hydrogen-bond acceptors (Lipinski definition) is 3. The summed E-state index contributed by atoms with van der Waals surface area (Å²) in [5, 5.41) is 6.83. The normalized spacial score (nSPS) is 10.4. The lowest BCUT2D eigenvalue weighted by atomic mass is 9.97. The molecule has 1 amide bonds. The first-order chi connectivity index (χ1) is 11.5. The Labute approximate surface area is 139 Å². The van der Waals surface area contributed by atoms with Crippen molar-refractivity contribution in [2.45, 2.75) is 6.92 Å². The van der Waals surface area contributed by atoms with Gasteiger partial charge in [-0.05, 0) is 13.0 Å². The van der Waals surface area contributed by atoms with Crippen LogP contribution in [0.25, 0.3) is 0 Å². The summed E-state index contributed by atoms with van der Waals surface area (Å²) in [6, 6.07) is 15.8. The lowest BCUT2D eigenvalue weighted by molar-refractivity contribution is 0.0996. The summed E-state index contributed by atoms with van der Waals surface area (Å²) in [5.41, 5.74) is 2.33. The molecule has 5 nitrogen and oxygen atoms in total. The third kappa shape index (κ3) is 3.25. The third-order valence-corrected chi connectivity index (χ3v) is 3.69. The molecule has 24 heavy (non-hydrogen) atoms. The Hall–Kier alpha value is -3.21. The van der Waals surface area contributed by atoms with Gasteiger partial charge in [-0.2, -0.15) is 5.10 Å². The number of carbonyl (C=O) groups excluding carboxylic acids is 2. The van der Waals surface area contributed by atoms with Crippen molar-refractivity contribution < 1.29 is 9.59 Å². The highest BCUT2D eigenvalue weighted by atomic mass is 16.2. The topological polar surface area (TPSA) is 64.0 Å². The Morgan fingerprint density at radius 1 is 0.958 bits per heavy atom. The van der Waals surface area contributed by atoms with Crippen molar-refractivity contribution in [3.63, 3.8) is 0 Å². The quantitative estimate of drug-likeness (QED) is 0.751. The molecule has 0 aliphatic heterocycles. The van der Waals surface area contributed by atoms with E-state index in [9.17, 15) is 9.59 Å². The second-order valence-electron chi connectivity index (χ2n) is 5.57. The number of ketones is 1. The molecule has 0 unspecified atom stereocenters.